The van der Waals surface area contributed by atoms with Crippen LogP contribution in [0.15, 0.2) is 52.3 Å². The topological polar surface area (TPSA) is 43.4 Å². The number of benzene rings is 1. The molecule has 0 spiro atoms. The molecular weight excluding hydrogens is 432 g/mol. The second-order valence-corrected chi connectivity index (χ2v) is 15.3. The summed E-state index contributed by atoms with van der Waals surface area (Å²) in [5, 5.41) is 0. The van der Waals surface area contributed by atoms with Gasteiger partial charge in [0.05, 0.1) is 15.9 Å². The summed E-state index contributed by atoms with van der Waals surface area (Å²) < 4.78 is 34.5. The van der Waals surface area contributed by atoms with Crippen molar-refractivity contribution in [3.05, 3.63) is 53.0 Å². The average Bonchev–Trinajstić information content (AvgIpc) is 2.76. The maximum Gasteiger partial charge on any atom is 0.205 e. The number of unbranched alkanes of at least 4 members (excludes halogenated alkanes) is 3. The molecule has 0 radical (unpaired) electrons. The minimum Gasteiger partial charge on any atom is -0.409 e. The molecule has 1 aromatic rings. The molecule has 3 nitrogen and oxygen atoms in total. The smallest absolute Gasteiger partial charge is 0.205 e. The van der Waals surface area contributed by atoms with E-state index in [9.17, 15) is 8.42 Å². The quantitative estimate of drug-likeness (QED) is 0.177. The van der Waals surface area contributed by atoms with Crippen LogP contribution in [0, 0.1) is 6.92 Å². The van der Waals surface area contributed by atoms with Crippen molar-refractivity contribution in [3.8, 4) is 0 Å². The standard InChI is InChI=1S/C27H46O3SSi/c1-8-12-19-32(20-13-9-2,21-14-10-3)30-26(11-4)27(22-23(5)6)31(28,29)25-17-15-24(7)16-18-25/h15-18,22,26H,5,8-14,19-21H2,1-4,6-7H3/b27-22+/t26-/m0/s1. The van der Waals surface area contributed by atoms with Crippen molar-refractivity contribution in [1.29, 1.82) is 0 Å². The lowest BCUT2D eigenvalue weighted by Gasteiger charge is -2.36. The molecule has 0 aliphatic rings. The van der Waals surface area contributed by atoms with Crippen LogP contribution < -0.4 is 0 Å². The van der Waals surface area contributed by atoms with Gasteiger partial charge >= 0.3 is 0 Å². The van der Waals surface area contributed by atoms with Gasteiger partial charge in [0.1, 0.15) is 0 Å². The fourth-order valence-electron chi connectivity index (χ4n) is 4.13. The zero-order valence-corrected chi connectivity index (χ0v) is 23.2. The lowest BCUT2D eigenvalue weighted by atomic mass is 10.2. The minimum absolute atomic E-state index is 0.334. The Hall–Kier alpha value is -1.17. The van der Waals surface area contributed by atoms with Gasteiger partial charge < -0.3 is 4.43 Å². The molecule has 0 saturated carbocycles. The number of rotatable bonds is 16. The molecule has 1 atom stereocenters. The molecule has 0 aliphatic heterocycles. The highest BCUT2D eigenvalue weighted by atomic mass is 32.2. The van der Waals surface area contributed by atoms with Gasteiger partial charge in [0, 0.05) is 0 Å². The zero-order valence-electron chi connectivity index (χ0n) is 21.4. The summed E-state index contributed by atoms with van der Waals surface area (Å²) in [6.07, 6.45) is 8.84. The van der Waals surface area contributed by atoms with Crippen LogP contribution in [-0.2, 0) is 14.3 Å². The van der Waals surface area contributed by atoms with Crippen LogP contribution in [0.3, 0.4) is 0 Å². The Kier molecular flexibility index (Phi) is 12.8. The zero-order chi connectivity index (χ0) is 24.2. The predicted molar refractivity (Wildman–Crippen MR) is 141 cm³/mol. The molecule has 1 rings (SSSR count). The van der Waals surface area contributed by atoms with Gasteiger partial charge in [0.25, 0.3) is 0 Å². The van der Waals surface area contributed by atoms with E-state index in [1.165, 1.54) is 0 Å². The molecule has 0 heterocycles. The fourth-order valence-corrected chi connectivity index (χ4v) is 10.9. The van der Waals surface area contributed by atoms with E-state index in [2.05, 4.69) is 27.4 Å². The molecular formula is C27H46O3SSi. The number of hydrogen-bond acceptors (Lipinski definition) is 3. The second kappa shape index (κ2) is 14.2. The normalized spacial score (nSPS) is 13.9. The second-order valence-electron chi connectivity index (χ2n) is 9.22. The molecule has 32 heavy (non-hydrogen) atoms. The maximum absolute atomic E-state index is 13.7. The van der Waals surface area contributed by atoms with Gasteiger partial charge in [-0.1, -0.05) is 96.1 Å². The summed E-state index contributed by atoms with van der Waals surface area (Å²) in [4.78, 5) is 0.707. The van der Waals surface area contributed by atoms with E-state index in [1.54, 1.807) is 18.2 Å². The van der Waals surface area contributed by atoms with Crippen LogP contribution in [0.1, 0.15) is 85.1 Å². The van der Waals surface area contributed by atoms with Crippen molar-refractivity contribution in [3.63, 3.8) is 0 Å². The third kappa shape index (κ3) is 8.64. The average molecular weight is 479 g/mol. The predicted octanol–water partition coefficient (Wildman–Crippen LogP) is 8.37. The van der Waals surface area contributed by atoms with Crippen LogP contribution in [0.4, 0.5) is 0 Å². The van der Waals surface area contributed by atoms with Crippen LogP contribution in [0.5, 0.6) is 0 Å². The van der Waals surface area contributed by atoms with Gasteiger partial charge in [0.2, 0.25) is 9.84 Å². The van der Waals surface area contributed by atoms with E-state index in [0.717, 1.165) is 67.8 Å². The lowest BCUT2D eigenvalue weighted by Crippen LogP contribution is -2.43. The first-order valence-corrected chi connectivity index (χ1v) is 16.5. The van der Waals surface area contributed by atoms with Crippen molar-refractivity contribution < 1.29 is 12.8 Å². The van der Waals surface area contributed by atoms with Gasteiger partial charge in [-0.3, -0.25) is 0 Å². The molecule has 0 fully saturated rings. The Morgan fingerprint density at radius 2 is 1.44 bits per heavy atom. The van der Waals surface area contributed by atoms with Gasteiger partial charge in [0.15, 0.2) is 8.32 Å². The van der Waals surface area contributed by atoms with Gasteiger partial charge in [-0.25, -0.2) is 8.42 Å². The Bertz CT molecular complexity index is 803. The van der Waals surface area contributed by atoms with Gasteiger partial charge in [-0.15, -0.1) is 0 Å². The van der Waals surface area contributed by atoms with Crippen LogP contribution in [-0.4, -0.2) is 22.8 Å². The molecule has 0 aromatic heterocycles. The SMILES string of the molecule is C=C(C)/C=C(\[C@H](CC)O[Si](CCCC)(CCCC)CCCC)S(=O)(=O)c1ccc(C)cc1. The molecule has 0 N–H and O–H groups in total. The van der Waals surface area contributed by atoms with Crippen molar-refractivity contribution in [2.24, 2.45) is 0 Å². The minimum atomic E-state index is -3.66. The first kappa shape index (κ1) is 28.9. The molecule has 0 unspecified atom stereocenters. The molecule has 0 saturated heterocycles. The van der Waals surface area contributed by atoms with Crippen molar-refractivity contribution >= 4 is 18.2 Å². The van der Waals surface area contributed by atoms with Crippen LogP contribution in [0.25, 0.3) is 0 Å². The highest BCUT2D eigenvalue weighted by Gasteiger charge is 2.38. The number of aryl methyl sites for hydroxylation is 1. The van der Waals surface area contributed by atoms with E-state index >= 15 is 0 Å². The fraction of sp³-hybridized carbons (Fsp3) is 0.630. The lowest BCUT2D eigenvalue weighted by molar-refractivity contribution is 0.219. The molecule has 182 valence electrons. The number of allylic oxidation sites excluding steroid dienone is 2. The maximum atomic E-state index is 13.7. The summed E-state index contributed by atoms with van der Waals surface area (Å²) in [5.41, 5.74) is 1.78. The monoisotopic (exact) mass is 478 g/mol. The van der Waals surface area contributed by atoms with Crippen molar-refractivity contribution in [1.82, 2.24) is 0 Å². The third-order valence-electron chi connectivity index (χ3n) is 6.07. The van der Waals surface area contributed by atoms with Crippen molar-refractivity contribution in [2.45, 2.75) is 116 Å². The molecule has 0 aliphatic carbocycles. The van der Waals surface area contributed by atoms with Crippen LogP contribution in [0.2, 0.25) is 18.1 Å². The Labute approximate surface area is 199 Å². The highest BCUT2D eigenvalue weighted by molar-refractivity contribution is 7.95. The Morgan fingerprint density at radius 1 is 0.969 bits per heavy atom. The van der Waals surface area contributed by atoms with E-state index in [-0.39, 0.29) is 0 Å². The third-order valence-corrected chi connectivity index (χ3v) is 12.5. The summed E-state index contributed by atoms with van der Waals surface area (Å²) in [6, 6.07) is 10.5. The Morgan fingerprint density at radius 3 is 1.81 bits per heavy atom. The van der Waals surface area contributed by atoms with E-state index in [0.29, 0.717) is 16.2 Å². The molecule has 0 amide bonds. The largest absolute Gasteiger partial charge is 0.409 e. The van der Waals surface area contributed by atoms with E-state index in [4.69, 9.17) is 4.43 Å². The van der Waals surface area contributed by atoms with E-state index < -0.39 is 24.3 Å². The number of sulfone groups is 1. The summed E-state index contributed by atoms with van der Waals surface area (Å²) in [5.74, 6) is 0. The summed E-state index contributed by atoms with van der Waals surface area (Å²) in [7, 11) is -5.74. The summed E-state index contributed by atoms with van der Waals surface area (Å²) >= 11 is 0. The summed E-state index contributed by atoms with van der Waals surface area (Å²) in [6.45, 7) is 16.5. The van der Waals surface area contributed by atoms with Gasteiger partial charge in [-0.05, 0) is 56.6 Å². The van der Waals surface area contributed by atoms with Crippen LogP contribution >= 0.6 is 0 Å². The molecule has 0 bridgehead atoms. The van der Waals surface area contributed by atoms with Gasteiger partial charge in [-0.2, -0.15) is 0 Å². The first-order chi connectivity index (χ1) is 15.2. The van der Waals surface area contributed by atoms with E-state index in [1.807, 2.05) is 32.9 Å². The van der Waals surface area contributed by atoms with Crippen molar-refractivity contribution in [2.75, 3.05) is 0 Å². The Balaban J connectivity index is 3.47. The molecule has 5 heteroatoms. The first-order valence-electron chi connectivity index (χ1n) is 12.5. The highest BCUT2D eigenvalue weighted by Crippen LogP contribution is 2.35. The molecule has 1 aromatic carbocycles. The number of hydrogen-bond donors (Lipinski definition) is 0.